The van der Waals surface area contributed by atoms with E-state index < -0.39 is 0 Å². The number of morpholine rings is 1. The summed E-state index contributed by atoms with van der Waals surface area (Å²) in [6.07, 6.45) is 2.77. The zero-order chi connectivity index (χ0) is 20.8. The highest BCUT2D eigenvalue weighted by Crippen LogP contribution is 2.30. The van der Waals surface area contributed by atoms with Crippen molar-refractivity contribution in [3.05, 3.63) is 73.6 Å². The second kappa shape index (κ2) is 9.19. The maximum Gasteiger partial charge on any atom is 0.247 e. The van der Waals surface area contributed by atoms with Gasteiger partial charge in [-0.15, -0.1) is 0 Å². The molecule has 2 N–H and O–H groups in total. The van der Waals surface area contributed by atoms with E-state index in [1.807, 2.05) is 48.5 Å². The molecule has 0 spiro atoms. The largest absolute Gasteiger partial charge is 0.378 e. The van der Waals surface area contributed by atoms with E-state index in [0.717, 1.165) is 48.9 Å². The predicted octanol–water partition coefficient (Wildman–Crippen LogP) is 3.85. The van der Waals surface area contributed by atoms with Crippen LogP contribution in [-0.4, -0.2) is 42.2 Å². The van der Waals surface area contributed by atoms with Crippen LogP contribution in [0.15, 0.2) is 73.6 Å². The van der Waals surface area contributed by atoms with Crippen LogP contribution in [0.2, 0.25) is 0 Å². The molecule has 152 valence electrons. The fourth-order valence-corrected chi connectivity index (χ4v) is 3.33. The number of nitrogens with zero attached hydrogens (tertiary/aromatic N) is 3. The van der Waals surface area contributed by atoms with Gasteiger partial charge in [0.2, 0.25) is 5.91 Å². The molecular formula is C23H23N5O2. The van der Waals surface area contributed by atoms with Crippen LogP contribution < -0.4 is 15.5 Å². The highest BCUT2D eigenvalue weighted by atomic mass is 16.5. The van der Waals surface area contributed by atoms with Crippen molar-refractivity contribution in [2.24, 2.45) is 0 Å². The molecule has 4 rings (SSSR count). The zero-order valence-corrected chi connectivity index (χ0v) is 16.5. The lowest BCUT2D eigenvalue weighted by Gasteiger charge is -2.30. The molecule has 0 radical (unpaired) electrons. The van der Waals surface area contributed by atoms with E-state index in [1.54, 1.807) is 0 Å². The van der Waals surface area contributed by atoms with Crippen LogP contribution in [0.1, 0.15) is 0 Å². The number of ether oxygens (including phenoxy) is 1. The van der Waals surface area contributed by atoms with E-state index >= 15 is 0 Å². The predicted molar refractivity (Wildman–Crippen MR) is 119 cm³/mol. The van der Waals surface area contributed by atoms with Crippen molar-refractivity contribution >= 4 is 28.8 Å². The molecule has 2 aromatic carbocycles. The first-order valence-electron chi connectivity index (χ1n) is 9.77. The molecule has 0 saturated carbocycles. The Morgan fingerprint density at radius 2 is 1.90 bits per heavy atom. The standard InChI is InChI=1S/C23H23N5O2/c1-2-23(29)26-18-7-5-6-17(14-18)20-15-22(25-16-24-20)27-19-8-3-4-9-21(19)28-10-12-30-13-11-28/h2-9,14-16H,1,10-13H2,(H,26,29)(H,24,25,27). The molecule has 0 bridgehead atoms. The molecule has 30 heavy (non-hydrogen) atoms. The van der Waals surface area contributed by atoms with Crippen LogP contribution in [-0.2, 0) is 9.53 Å². The molecule has 1 aromatic heterocycles. The molecule has 1 aliphatic rings. The van der Waals surface area contributed by atoms with Gasteiger partial charge in [-0.2, -0.15) is 0 Å². The van der Waals surface area contributed by atoms with Gasteiger partial charge in [0.1, 0.15) is 12.1 Å². The second-order valence-corrected chi connectivity index (χ2v) is 6.80. The summed E-state index contributed by atoms with van der Waals surface area (Å²) >= 11 is 0. The molecule has 3 aromatic rings. The highest BCUT2D eigenvalue weighted by molar-refractivity contribution is 5.99. The third-order valence-electron chi connectivity index (χ3n) is 4.80. The summed E-state index contributed by atoms with van der Waals surface area (Å²) in [5.41, 5.74) is 4.42. The summed E-state index contributed by atoms with van der Waals surface area (Å²) in [6.45, 7) is 6.65. The number of hydrogen-bond acceptors (Lipinski definition) is 6. The first kappa shape index (κ1) is 19.6. The fourth-order valence-electron chi connectivity index (χ4n) is 3.33. The molecule has 7 nitrogen and oxygen atoms in total. The Balaban J connectivity index is 1.57. The number of para-hydroxylation sites is 2. The minimum Gasteiger partial charge on any atom is -0.378 e. The van der Waals surface area contributed by atoms with Crippen LogP contribution in [0.3, 0.4) is 0 Å². The van der Waals surface area contributed by atoms with Crippen LogP contribution in [0, 0.1) is 0 Å². The van der Waals surface area contributed by atoms with Crippen molar-refractivity contribution in [1.29, 1.82) is 0 Å². The van der Waals surface area contributed by atoms with Crippen molar-refractivity contribution in [3.8, 4) is 11.3 Å². The topological polar surface area (TPSA) is 79.4 Å². The third-order valence-corrected chi connectivity index (χ3v) is 4.80. The molecule has 1 amide bonds. The van der Waals surface area contributed by atoms with Crippen molar-refractivity contribution in [2.75, 3.05) is 41.8 Å². The monoisotopic (exact) mass is 401 g/mol. The van der Waals surface area contributed by atoms with Gasteiger partial charge in [-0.05, 0) is 30.3 Å². The average molecular weight is 401 g/mol. The van der Waals surface area contributed by atoms with E-state index in [0.29, 0.717) is 11.5 Å². The molecule has 0 aliphatic carbocycles. The summed E-state index contributed by atoms with van der Waals surface area (Å²) in [7, 11) is 0. The van der Waals surface area contributed by atoms with Gasteiger partial charge in [-0.25, -0.2) is 9.97 Å². The molecule has 0 unspecified atom stereocenters. The first-order valence-corrected chi connectivity index (χ1v) is 9.77. The SMILES string of the molecule is C=CC(=O)Nc1cccc(-c2cc(Nc3ccccc3N3CCOCC3)ncn2)c1. The number of nitrogens with one attached hydrogen (secondary N) is 2. The summed E-state index contributed by atoms with van der Waals surface area (Å²) in [5, 5.41) is 6.19. The molecule has 1 fully saturated rings. The molecule has 1 saturated heterocycles. The maximum atomic E-state index is 11.6. The van der Waals surface area contributed by atoms with E-state index in [1.165, 1.54) is 12.4 Å². The van der Waals surface area contributed by atoms with Crippen molar-refractivity contribution in [1.82, 2.24) is 9.97 Å². The van der Waals surface area contributed by atoms with E-state index in [9.17, 15) is 4.79 Å². The molecule has 7 heteroatoms. The second-order valence-electron chi connectivity index (χ2n) is 6.80. The third kappa shape index (κ3) is 4.64. The van der Waals surface area contributed by atoms with E-state index in [4.69, 9.17) is 4.74 Å². The molecular weight excluding hydrogens is 378 g/mol. The fraction of sp³-hybridized carbons (Fsp3) is 0.174. The van der Waals surface area contributed by atoms with Crippen molar-refractivity contribution in [3.63, 3.8) is 0 Å². The van der Waals surface area contributed by atoms with Crippen LogP contribution in [0.4, 0.5) is 22.9 Å². The number of carbonyl (C=O) groups excluding carboxylic acids is 1. The summed E-state index contributed by atoms with van der Waals surface area (Å²) < 4.78 is 5.47. The average Bonchev–Trinajstić information content (AvgIpc) is 2.80. The summed E-state index contributed by atoms with van der Waals surface area (Å²) in [6, 6.07) is 17.6. The minimum atomic E-state index is -0.253. The minimum absolute atomic E-state index is 0.253. The Bertz CT molecular complexity index is 1050. The number of rotatable bonds is 6. The Hall–Kier alpha value is -3.71. The van der Waals surface area contributed by atoms with Gasteiger partial charge in [0.25, 0.3) is 0 Å². The first-order chi connectivity index (χ1) is 14.7. The normalized spacial score (nSPS) is 13.5. The van der Waals surface area contributed by atoms with Gasteiger partial charge >= 0.3 is 0 Å². The molecule has 1 aliphatic heterocycles. The number of amides is 1. The Kier molecular flexibility index (Phi) is 6.01. The van der Waals surface area contributed by atoms with Crippen LogP contribution in [0.25, 0.3) is 11.3 Å². The number of anilines is 4. The van der Waals surface area contributed by atoms with Gasteiger partial charge in [0.05, 0.1) is 30.3 Å². The number of aromatic nitrogens is 2. The van der Waals surface area contributed by atoms with Gasteiger partial charge < -0.3 is 20.3 Å². The lowest BCUT2D eigenvalue weighted by Crippen LogP contribution is -2.36. The maximum absolute atomic E-state index is 11.6. The highest BCUT2D eigenvalue weighted by Gasteiger charge is 2.15. The van der Waals surface area contributed by atoms with Gasteiger partial charge in [-0.3, -0.25) is 4.79 Å². The van der Waals surface area contributed by atoms with Crippen molar-refractivity contribution < 1.29 is 9.53 Å². The Morgan fingerprint density at radius 1 is 1.07 bits per heavy atom. The lowest BCUT2D eigenvalue weighted by molar-refractivity contribution is -0.111. The van der Waals surface area contributed by atoms with Crippen molar-refractivity contribution in [2.45, 2.75) is 0 Å². The van der Waals surface area contributed by atoms with E-state index in [-0.39, 0.29) is 5.91 Å². The quantitative estimate of drug-likeness (QED) is 0.611. The van der Waals surface area contributed by atoms with Crippen LogP contribution >= 0.6 is 0 Å². The molecule has 2 heterocycles. The van der Waals surface area contributed by atoms with Gasteiger partial charge in [0.15, 0.2) is 0 Å². The lowest BCUT2D eigenvalue weighted by atomic mass is 10.1. The Labute approximate surface area is 175 Å². The summed E-state index contributed by atoms with van der Waals surface area (Å²) in [5.74, 6) is 0.443. The van der Waals surface area contributed by atoms with Gasteiger partial charge in [-0.1, -0.05) is 30.8 Å². The number of hydrogen-bond donors (Lipinski definition) is 2. The van der Waals surface area contributed by atoms with Crippen LogP contribution in [0.5, 0.6) is 0 Å². The summed E-state index contributed by atoms with van der Waals surface area (Å²) in [4.78, 5) is 22.7. The zero-order valence-electron chi connectivity index (χ0n) is 16.5. The van der Waals surface area contributed by atoms with E-state index in [2.05, 4.69) is 38.1 Å². The smallest absolute Gasteiger partial charge is 0.247 e. The number of carbonyl (C=O) groups is 1. The van der Waals surface area contributed by atoms with Gasteiger partial charge in [0, 0.05) is 30.4 Å². The number of benzene rings is 2. The molecule has 0 atom stereocenters. The Morgan fingerprint density at radius 3 is 2.73 bits per heavy atom.